The molecule has 0 radical (unpaired) electrons. The van der Waals surface area contributed by atoms with E-state index in [1.165, 1.54) is 56.9 Å². The van der Waals surface area contributed by atoms with Crippen LogP contribution in [0.2, 0.25) is 0 Å². The highest BCUT2D eigenvalue weighted by Gasteiger charge is 2.08. The fourth-order valence-corrected chi connectivity index (χ4v) is 2.27. The summed E-state index contributed by atoms with van der Waals surface area (Å²) in [5, 5.41) is 3.35. The summed E-state index contributed by atoms with van der Waals surface area (Å²) < 4.78 is 0. The second-order valence-corrected chi connectivity index (χ2v) is 4.92. The lowest BCUT2D eigenvalue weighted by molar-refractivity contribution is 0.494. The van der Waals surface area contributed by atoms with E-state index in [1.807, 2.05) is 19.4 Å². The first-order chi connectivity index (χ1) is 8.88. The van der Waals surface area contributed by atoms with Gasteiger partial charge in [-0.05, 0) is 13.5 Å². The lowest BCUT2D eigenvalue weighted by atomic mass is 10.0. The molecule has 18 heavy (non-hydrogen) atoms. The second-order valence-electron chi connectivity index (χ2n) is 4.92. The standard InChI is InChI=1S/C15H27N3/c1-3-4-5-6-7-8-9-10-15(16-2)14-11-17-13-18-12-14/h11-13,15-16H,3-10H2,1-2H3. The van der Waals surface area contributed by atoms with Gasteiger partial charge in [0, 0.05) is 24.0 Å². The van der Waals surface area contributed by atoms with Crippen molar-refractivity contribution in [2.75, 3.05) is 7.05 Å². The number of nitrogens with zero attached hydrogens (tertiary/aromatic N) is 2. The molecule has 0 saturated carbocycles. The van der Waals surface area contributed by atoms with Crippen LogP contribution in [0.25, 0.3) is 0 Å². The van der Waals surface area contributed by atoms with E-state index in [0.29, 0.717) is 6.04 Å². The Bertz CT molecular complexity index is 287. The van der Waals surface area contributed by atoms with E-state index in [0.717, 1.165) is 0 Å². The van der Waals surface area contributed by atoms with E-state index in [4.69, 9.17) is 0 Å². The molecule has 0 amide bonds. The molecular weight excluding hydrogens is 222 g/mol. The molecule has 1 aromatic heterocycles. The molecular formula is C15H27N3. The molecule has 0 fully saturated rings. The normalized spacial score (nSPS) is 12.6. The van der Waals surface area contributed by atoms with Crippen molar-refractivity contribution in [2.45, 2.75) is 64.3 Å². The predicted octanol–water partition coefficient (Wildman–Crippen LogP) is 3.88. The summed E-state index contributed by atoms with van der Waals surface area (Å²) in [6.07, 6.45) is 16.1. The maximum Gasteiger partial charge on any atom is 0.115 e. The molecule has 1 N–H and O–H groups in total. The smallest absolute Gasteiger partial charge is 0.115 e. The first-order valence-electron chi connectivity index (χ1n) is 7.30. The molecule has 1 unspecified atom stereocenters. The Labute approximate surface area is 111 Å². The van der Waals surface area contributed by atoms with Crippen LogP contribution in [-0.2, 0) is 0 Å². The van der Waals surface area contributed by atoms with Crippen molar-refractivity contribution in [1.29, 1.82) is 0 Å². The fraction of sp³-hybridized carbons (Fsp3) is 0.733. The average molecular weight is 249 g/mol. The molecule has 0 spiro atoms. The fourth-order valence-electron chi connectivity index (χ4n) is 2.27. The minimum absolute atomic E-state index is 0.404. The van der Waals surface area contributed by atoms with Gasteiger partial charge in [-0.3, -0.25) is 0 Å². The lowest BCUT2D eigenvalue weighted by Gasteiger charge is -2.15. The summed E-state index contributed by atoms with van der Waals surface area (Å²) in [4.78, 5) is 8.16. The van der Waals surface area contributed by atoms with Crippen molar-refractivity contribution in [2.24, 2.45) is 0 Å². The predicted molar refractivity (Wildman–Crippen MR) is 76.4 cm³/mol. The average Bonchev–Trinajstić information content (AvgIpc) is 2.43. The van der Waals surface area contributed by atoms with Crippen molar-refractivity contribution in [3.8, 4) is 0 Å². The molecule has 1 heterocycles. The van der Waals surface area contributed by atoms with Gasteiger partial charge in [0.25, 0.3) is 0 Å². The summed E-state index contributed by atoms with van der Waals surface area (Å²) in [6, 6.07) is 0.404. The van der Waals surface area contributed by atoms with Crippen LogP contribution in [0.4, 0.5) is 0 Å². The molecule has 0 aliphatic heterocycles. The van der Waals surface area contributed by atoms with E-state index in [9.17, 15) is 0 Å². The zero-order valence-electron chi connectivity index (χ0n) is 11.9. The zero-order valence-corrected chi connectivity index (χ0v) is 11.9. The van der Waals surface area contributed by atoms with Gasteiger partial charge < -0.3 is 5.32 Å². The highest BCUT2D eigenvalue weighted by Crippen LogP contribution is 2.18. The highest BCUT2D eigenvalue weighted by atomic mass is 14.9. The van der Waals surface area contributed by atoms with E-state index >= 15 is 0 Å². The van der Waals surface area contributed by atoms with Gasteiger partial charge in [-0.1, -0.05) is 51.9 Å². The summed E-state index contributed by atoms with van der Waals surface area (Å²) >= 11 is 0. The molecule has 0 aliphatic rings. The van der Waals surface area contributed by atoms with Crippen LogP contribution in [0.1, 0.15) is 69.9 Å². The number of aromatic nitrogens is 2. The third kappa shape index (κ3) is 6.10. The van der Waals surface area contributed by atoms with Crippen LogP contribution in [-0.4, -0.2) is 17.0 Å². The van der Waals surface area contributed by atoms with Gasteiger partial charge in [0.2, 0.25) is 0 Å². The van der Waals surface area contributed by atoms with Gasteiger partial charge in [-0.25, -0.2) is 9.97 Å². The molecule has 102 valence electrons. The van der Waals surface area contributed by atoms with Gasteiger partial charge in [0.05, 0.1) is 0 Å². The minimum atomic E-state index is 0.404. The van der Waals surface area contributed by atoms with Gasteiger partial charge in [0.1, 0.15) is 6.33 Å². The topological polar surface area (TPSA) is 37.8 Å². The van der Waals surface area contributed by atoms with Crippen LogP contribution in [0.3, 0.4) is 0 Å². The van der Waals surface area contributed by atoms with Crippen LogP contribution in [0.5, 0.6) is 0 Å². The Hall–Kier alpha value is -0.960. The number of rotatable bonds is 10. The summed E-state index contributed by atoms with van der Waals surface area (Å²) in [7, 11) is 2.01. The summed E-state index contributed by atoms with van der Waals surface area (Å²) in [5.41, 5.74) is 1.20. The number of unbranched alkanes of at least 4 members (excludes halogenated alkanes) is 6. The quantitative estimate of drug-likeness (QED) is 0.639. The molecule has 3 heteroatoms. The Balaban J connectivity index is 2.13. The molecule has 0 aliphatic carbocycles. The van der Waals surface area contributed by atoms with Crippen molar-refractivity contribution >= 4 is 0 Å². The van der Waals surface area contributed by atoms with Crippen molar-refractivity contribution in [3.63, 3.8) is 0 Å². The zero-order chi connectivity index (χ0) is 13.1. The van der Waals surface area contributed by atoms with Gasteiger partial charge in [-0.2, -0.15) is 0 Å². The minimum Gasteiger partial charge on any atom is -0.313 e. The molecule has 3 nitrogen and oxygen atoms in total. The van der Waals surface area contributed by atoms with Crippen LogP contribution < -0.4 is 5.32 Å². The third-order valence-electron chi connectivity index (χ3n) is 3.43. The Morgan fingerprint density at radius 1 is 1.00 bits per heavy atom. The highest BCUT2D eigenvalue weighted by molar-refractivity contribution is 5.08. The molecule has 1 rings (SSSR count). The molecule has 1 atom stereocenters. The van der Waals surface area contributed by atoms with Crippen molar-refractivity contribution in [3.05, 3.63) is 24.3 Å². The number of nitrogens with one attached hydrogen (secondary N) is 1. The van der Waals surface area contributed by atoms with E-state index in [2.05, 4.69) is 22.2 Å². The maximum atomic E-state index is 4.08. The Morgan fingerprint density at radius 2 is 1.61 bits per heavy atom. The Kier molecular flexibility index (Phi) is 8.40. The van der Waals surface area contributed by atoms with Crippen LogP contribution in [0, 0.1) is 0 Å². The lowest BCUT2D eigenvalue weighted by Crippen LogP contribution is -2.16. The van der Waals surface area contributed by atoms with Crippen molar-refractivity contribution in [1.82, 2.24) is 15.3 Å². The number of hydrogen-bond donors (Lipinski definition) is 1. The molecule has 0 saturated heterocycles. The molecule has 1 aromatic rings. The van der Waals surface area contributed by atoms with Crippen LogP contribution >= 0.6 is 0 Å². The third-order valence-corrected chi connectivity index (χ3v) is 3.43. The second kappa shape index (κ2) is 10.0. The van der Waals surface area contributed by atoms with E-state index in [1.54, 1.807) is 6.33 Å². The molecule has 0 bridgehead atoms. The molecule has 0 aromatic carbocycles. The maximum absolute atomic E-state index is 4.08. The van der Waals surface area contributed by atoms with Gasteiger partial charge in [0.15, 0.2) is 0 Å². The van der Waals surface area contributed by atoms with Crippen LogP contribution in [0.15, 0.2) is 18.7 Å². The largest absolute Gasteiger partial charge is 0.313 e. The van der Waals surface area contributed by atoms with Crippen molar-refractivity contribution < 1.29 is 0 Å². The first kappa shape index (κ1) is 15.1. The SMILES string of the molecule is CCCCCCCCCC(NC)c1cncnc1. The van der Waals surface area contributed by atoms with E-state index in [-0.39, 0.29) is 0 Å². The summed E-state index contributed by atoms with van der Waals surface area (Å²) in [5.74, 6) is 0. The Morgan fingerprint density at radius 3 is 2.22 bits per heavy atom. The van der Waals surface area contributed by atoms with E-state index < -0.39 is 0 Å². The van der Waals surface area contributed by atoms with Gasteiger partial charge >= 0.3 is 0 Å². The summed E-state index contributed by atoms with van der Waals surface area (Å²) in [6.45, 7) is 2.26. The number of hydrogen-bond acceptors (Lipinski definition) is 3. The van der Waals surface area contributed by atoms with Gasteiger partial charge in [-0.15, -0.1) is 0 Å². The first-order valence-corrected chi connectivity index (χ1v) is 7.30. The monoisotopic (exact) mass is 249 g/mol.